The second-order valence-electron chi connectivity index (χ2n) is 4.17. The van der Waals surface area contributed by atoms with Gasteiger partial charge in [-0.05, 0) is 6.42 Å². The third-order valence-corrected chi connectivity index (χ3v) is 3.07. The first-order valence-electron chi connectivity index (χ1n) is 5.93. The Kier molecular flexibility index (Phi) is 4.46. The number of rotatable bonds is 4. The maximum atomic E-state index is 13.8. The third kappa shape index (κ3) is 2.48. The molecule has 1 aromatic carbocycles. The van der Waals surface area contributed by atoms with E-state index < -0.39 is 40.5 Å². The van der Waals surface area contributed by atoms with Crippen molar-refractivity contribution in [3.05, 3.63) is 34.9 Å². The molecule has 0 aliphatic rings. The minimum Gasteiger partial charge on any atom is -0.310 e. The first-order valence-corrected chi connectivity index (χ1v) is 6.47. The van der Waals surface area contributed by atoms with E-state index in [-0.39, 0.29) is 18.2 Å². The molecule has 0 fully saturated rings. The first-order chi connectivity index (χ1) is 9.93. The second-order valence-corrected chi connectivity index (χ2v) is 4.44. The van der Waals surface area contributed by atoms with Crippen LogP contribution in [-0.4, -0.2) is 14.8 Å². The molecule has 1 aromatic heterocycles. The van der Waals surface area contributed by atoms with Crippen molar-refractivity contribution in [2.24, 2.45) is 0 Å². The Balaban J connectivity index is 2.76. The van der Waals surface area contributed by atoms with Crippen LogP contribution in [0.25, 0.3) is 11.4 Å². The second kappa shape index (κ2) is 5.97. The topological polar surface area (TPSA) is 30.7 Å². The van der Waals surface area contributed by atoms with E-state index >= 15 is 0 Å². The third-order valence-electron chi connectivity index (χ3n) is 2.83. The average Bonchev–Trinajstić information content (AvgIpc) is 2.87. The van der Waals surface area contributed by atoms with Crippen molar-refractivity contribution in [1.29, 1.82) is 0 Å². The minimum atomic E-state index is -2.21. The largest absolute Gasteiger partial charge is 0.310 e. The van der Waals surface area contributed by atoms with Crippen LogP contribution in [0.2, 0.25) is 0 Å². The maximum absolute atomic E-state index is 13.8. The van der Waals surface area contributed by atoms with Gasteiger partial charge in [-0.15, -0.1) is 21.8 Å². The summed E-state index contributed by atoms with van der Waals surface area (Å²) >= 11 is 5.62. The number of hydrogen-bond acceptors (Lipinski definition) is 2. The van der Waals surface area contributed by atoms with Crippen LogP contribution in [0.15, 0.2) is 0 Å². The van der Waals surface area contributed by atoms with Crippen molar-refractivity contribution >= 4 is 11.6 Å². The zero-order chi connectivity index (χ0) is 15.7. The molecule has 1 heterocycles. The lowest BCUT2D eigenvalue weighted by molar-refractivity contribution is 0.380. The lowest BCUT2D eigenvalue weighted by Gasteiger charge is -2.10. The molecular formula is C12H9ClF5N3. The van der Waals surface area contributed by atoms with Crippen LogP contribution in [0.5, 0.6) is 0 Å². The predicted molar refractivity (Wildman–Crippen MR) is 65.1 cm³/mol. The van der Waals surface area contributed by atoms with E-state index in [1.165, 1.54) is 4.57 Å². The van der Waals surface area contributed by atoms with Gasteiger partial charge >= 0.3 is 0 Å². The molecule has 9 heteroatoms. The summed E-state index contributed by atoms with van der Waals surface area (Å²) < 4.78 is 68.3. The Labute approximate surface area is 121 Å². The van der Waals surface area contributed by atoms with Gasteiger partial charge in [-0.3, -0.25) is 0 Å². The van der Waals surface area contributed by atoms with Crippen LogP contribution in [-0.2, 0) is 12.4 Å². The Morgan fingerprint density at radius 3 is 1.90 bits per heavy atom. The molecule has 3 nitrogen and oxygen atoms in total. The van der Waals surface area contributed by atoms with Crippen molar-refractivity contribution < 1.29 is 22.0 Å². The van der Waals surface area contributed by atoms with Crippen molar-refractivity contribution in [2.75, 3.05) is 0 Å². The van der Waals surface area contributed by atoms with Crippen LogP contribution >= 0.6 is 11.6 Å². The van der Waals surface area contributed by atoms with Crippen molar-refractivity contribution in [2.45, 2.75) is 25.8 Å². The number of hydrogen-bond donors (Lipinski definition) is 0. The predicted octanol–water partition coefficient (Wildman–Crippen LogP) is 3.79. The normalized spacial score (nSPS) is 11.2. The molecule has 114 valence electrons. The van der Waals surface area contributed by atoms with E-state index in [9.17, 15) is 22.0 Å². The standard InChI is InChI=1S/C12H9ClF5N3/c1-2-3-21-5(4-13)19-20-12(21)6-7(14)9(16)11(18)10(17)8(6)15/h2-4H2,1H3. The van der Waals surface area contributed by atoms with E-state index in [1.54, 1.807) is 6.92 Å². The van der Waals surface area contributed by atoms with Gasteiger partial charge in [-0.2, -0.15) is 0 Å². The highest BCUT2D eigenvalue weighted by atomic mass is 35.5. The zero-order valence-corrected chi connectivity index (χ0v) is 11.5. The summed E-state index contributed by atoms with van der Waals surface area (Å²) in [5.41, 5.74) is -1.11. The molecule has 0 bridgehead atoms. The number of alkyl halides is 1. The molecule has 0 aliphatic carbocycles. The summed E-state index contributed by atoms with van der Waals surface area (Å²) in [7, 11) is 0. The van der Waals surface area contributed by atoms with Crippen molar-refractivity contribution in [3.63, 3.8) is 0 Å². The number of aromatic nitrogens is 3. The first kappa shape index (κ1) is 15.7. The molecule has 0 radical (unpaired) electrons. The average molecular weight is 326 g/mol. The molecule has 0 unspecified atom stereocenters. The Morgan fingerprint density at radius 1 is 0.905 bits per heavy atom. The van der Waals surface area contributed by atoms with Gasteiger partial charge in [0.05, 0.1) is 11.4 Å². The molecule has 0 atom stereocenters. The SMILES string of the molecule is CCCn1c(CCl)nnc1-c1c(F)c(F)c(F)c(F)c1F. The minimum absolute atomic E-state index is 0.109. The van der Waals surface area contributed by atoms with Crippen LogP contribution in [0, 0.1) is 29.1 Å². The summed E-state index contributed by atoms with van der Waals surface area (Å²) in [4.78, 5) is 0. The molecule has 0 saturated carbocycles. The van der Waals surface area contributed by atoms with E-state index in [1.807, 2.05) is 0 Å². The molecule has 21 heavy (non-hydrogen) atoms. The molecule has 0 spiro atoms. The van der Waals surface area contributed by atoms with Crippen LogP contribution in [0.1, 0.15) is 19.2 Å². The van der Waals surface area contributed by atoms with E-state index in [0.717, 1.165) is 0 Å². The molecule has 0 aliphatic heterocycles. The van der Waals surface area contributed by atoms with Gasteiger partial charge in [-0.1, -0.05) is 6.92 Å². The van der Waals surface area contributed by atoms with Gasteiger partial charge in [-0.25, -0.2) is 22.0 Å². The number of halogens is 6. The van der Waals surface area contributed by atoms with Crippen molar-refractivity contribution in [3.8, 4) is 11.4 Å². The van der Waals surface area contributed by atoms with Gasteiger partial charge < -0.3 is 4.57 Å². The summed E-state index contributed by atoms with van der Waals surface area (Å²) in [5.74, 6) is -10.5. The quantitative estimate of drug-likeness (QED) is 0.370. The summed E-state index contributed by atoms with van der Waals surface area (Å²) in [6, 6.07) is 0. The molecule has 0 saturated heterocycles. The number of nitrogens with zero attached hydrogens (tertiary/aromatic N) is 3. The maximum Gasteiger partial charge on any atom is 0.200 e. The highest BCUT2D eigenvalue weighted by Crippen LogP contribution is 2.31. The Bertz CT molecular complexity index is 657. The number of benzene rings is 1. The van der Waals surface area contributed by atoms with E-state index in [2.05, 4.69) is 10.2 Å². The summed E-state index contributed by atoms with van der Waals surface area (Å²) in [6.45, 7) is 1.99. The lowest BCUT2D eigenvalue weighted by Crippen LogP contribution is -2.09. The van der Waals surface area contributed by atoms with E-state index in [4.69, 9.17) is 11.6 Å². The van der Waals surface area contributed by atoms with Crippen LogP contribution < -0.4 is 0 Å². The monoisotopic (exact) mass is 325 g/mol. The Hall–Kier alpha value is -1.70. The smallest absolute Gasteiger partial charge is 0.200 e. The highest BCUT2D eigenvalue weighted by molar-refractivity contribution is 6.16. The van der Waals surface area contributed by atoms with Gasteiger partial charge in [0.1, 0.15) is 5.82 Å². The fourth-order valence-electron chi connectivity index (χ4n) is 1.88. The van der Waals surface area contributed by atoms with E-state index in [0.29, 0.717) is 6.42 Å². The van der Waals surface area contributed by atoms with Gasteiger partial charge in [0.2, 0.25) is 5.82 Å². The van der Waals surface area contributed by atoms with Gasteiger partial charge in [0, 0.05) is 6.54 Å². The zero-order valence-electron chi connectivity index (χ0n) is 10.7. The Morgan fingerprint density at radius 2 is 1.43 bits per heavy atom. The van der Waals surface area contributed by atoms with Crippen molar-refractivity contribution in [1.82, 2.24) is 14.8 Å². The molecule has 2 rings (SSSR count). The molecule has 0 N–H and O–H groups in total. The van der Waals surface area contributed by atoms with Crippen LogP contribution in [0.4, 0.5) is 22.0 Å². The van der Waals surface area contributed by atoms with Gasteiger partial charge in [0.25, 0.3) is 0 Å². The molecule has 0 amide bonds. The lowest BCUT2D eigenvalue weighted by atomic mass is 10.1. The fourth-order valence-corrected chi connectivity index (χ4v) is 2.08. The fraction of sp³-hybridized carbons (Fsp3) is 0.333. The molecular weight excluding hydrogens is 317 g/mol. The molecule has 2 aromatic rings. The highest BCUT2D eigenvalue weighted by Gasteiger charge is 2.29. The van der Waals surface area contributed by atoms with Gasteiger partial charge in [0.15, 0.2) is 29.1 Å². The summed E-state index contributed by atoms with van der Waals surface area (Å²) in [6.07, 6.45) is 0.532. The van der Waals surface area contributed by atoms with Crippen LogP contribution in [0.3, 0.4) is 0 Å². The summed E-state index contributed by atoms with van der Waals surface area (Å²) in [5, 5.41) is 7.10.